The number of amides is 2. The van der Waals surface area contributed by atoms with E-state index in [0.717, 1.165) is 5.56 Å². The van der Waals surface area contributed by atoms with Crippen LogP contribution in [0.2, 0.25) is 0 Å². The van der Waals surface area contributed by atoms with Crippen molar-refractivity contribution in [2.75, 3.05) is 18.4 Å². The summed E-state index contributed by atoms with van der Waals surface area (Å²) in [5.41, 5.74) is 1.45. The Bertz CT molecular complexity index is 807. The second-order valence-electron chi connectivity index (χ2n) is 6.23. The minimum absolute atomic E-state index is 0.0346. The van der Waals surface area contributed by atoms with E-state index in [4.69, 9.17) is 4.42 Å². The third-order valence-corrected chi connectivity index (χ3v) is 4.50. The van der Waals surface area contributed by atoms with Gasteiger partial charge in [-0.05, 0) is 37.1 Å². The fourth-order valence-corrected chi connectivity index (χ4v) is 2.98. The van der Waals surface area contributed by atoms with Crippen molar-refractivity contribution in [1.29, 1.82) is 0 Å². The van der Waals surface area contributed by atoms with Crippen LogP contribution < -0.4 is 5.32 Å². The molecule has 0 radical (unpaired) electrons. The fourth-order valence-electron chi connectivity index (χ4n) is 2.98. The third-order valence-electron chi connectivity index (χ3n) is 4.50. The monoisotopic (exact) mass is 354 g/mol. The van der Waals surface area contributed by atoms with Gasteiger partial charge in [0.25, 0.3) is 0 Å². The molecule has 1 aliphatic rings. The van der Waals surface area contributed by atoms with Crippen LogP contribution in [-0.2, 0) is 16.0 Å². The van der Waals surface area contributed by atoms with E-state index in [1.165, 1.54) is 6.08 Å². The molecule has 0 saturated carbocycles. The molecular formula is C19H22N4O3. The van der Waals surface area contributed by atoms with Gasteiger partial charge in [0.05, 0.1) is 0 Å². The summed E-state index contributed by atoms with van der Waals surface area (Å²) in [5, 5.41) is 10.9. The number of piperidine rings is 1. The minimum atomic E-state index is -0.109. The lowest BCUT2D eigenvalue weighted by atomic mass is 9.95. The van der Waals surface area contributed by atoms with Gasteiger partial charge in [0.1, 0.15) is 0 Å². The summed E-state index contributed by atoms with van der Waals surface area (Å²) >= 11 is 0. The van der Waals surface area contributed by atoms with Crippen molar-refractivity contribution in [1.82, 2.24) is 15.1 Å². The predicted molar refractivity (Wildman–Crippen MR) is 97.2 cm³/mol. The number of anilines is 1. The Labute approximate surface area is 152 Å². The Kier molecular flexibility index (Phi) is 5.46. The number of carbonyl (C=O) groups is 2. The molecule has 7 heteroatoms. The summed E-state index contributed by atoms with van der Waals surface area (Å²) in [6.07, 6.45) is 3.28. The van der Waals surface area contributed by atoms with E-state index < -0.39 is 0 Å². The van der Waals surface area contributed by atoms with Gasteiger partial charge in [-0.15, -0.1) is 10.2 Å². The summed E-state index contributed by atoms with van der Waals surface area (Å²) in [6.45, 7) is 6.59. The van der Waals surface area contributed by atoms with Crippen molar-refractivity contribution in [2.45, 2.75) is 26.2 Å². The molecule has 1 saturated heterocycles. The molecule has 1 aromatic carbocycles. The zero-order chi connectivity index (χ0) is 18.5. The number of nitrogens with one attached hydrogen (secondary N) is 1. The molecule has 1 fully saturated rings. The molecule has 26 heavy (non-hydrogen) atoms. The maximum atomic E-state index is 12.5. The van der Waals surface area contributed by atoms with E-state index in [-0.39, 0.29) is 17.7 Å². The second-order valence-corrected chi connectivity index (χ2v) is 6.23. The number of carbonyl (C=O) groups excluding carboxylic acids is 2. The van der Waals surface area contributed by atoms with E-state index >= 15 is 0 Å². The lowest BCUT2D eigenvalue weighted by molar-refractivity contribution is -0.130. The second kappa shape index (κ2) is 7.95. The number of aryl methyl sites for hydroxylation is 1. The van der Waals surface area contributed by atoms with Crippen LogP contribution in [-0.4, -0.2) is 40.0 Å². The average molecular weight is 354 g/mol. The molecule has 3 rings (SSSR count). The molecule has 0 aliphatic carbocycles. The molecule has 136 valence electrons. The van der Waals surface area contributed by atoms with Crippen LogP contribution in [0.25, 0.3) is 11.5 Å². The van der Waals surface area contributed by atoms with Gasteiger partial charge in [-0.1, -0.05) is 19.6 Å². The first-order valence-corrected chi connectivity index (χ1v) is 8.75. The number of hydrogen-bond acceptors (Lipinski definition) is 5. The number of likely N-dealkylation sites (tertiary alicyclic amines) is 1. The van der Waals surface area contributed by atoms with E-state index in [2.05, 4.69) is 22.1 Å². The average Bonchev–Trinajstić information content (AvgIpc) is 3.17. The van der Waals surface area contributed by atoms with Crippen LogP contribution >= 0.6 is 0 Å². The normalized spacial score (nSPS) is 14.9. The molecule has 2 heterocycles. The third kappa shape index (κ3) is 3.99. The number of rotatable bonds is 5. The highest BCUT2D eigenvalue weighted by molar-refractivity contribution is 5.93. The minimum Gasteiger partial charge on any atom is -0.421 e. The van der Waals surface area contributed by atoms with Crippen molar-refractivity contribution in [3.8, 4) is 11.5 Å². The van der Waals surface area contributed by atoms with Gasteiger partial charge in [-0.3, -0.25) is 9.59 Å². The number of benzene rings is 1. The fraction of sp³-hybridized carbons (Fsp3) is 0.368. The maximum Gasteiger partial charge on any atom is 0.247 e. The molecule has 0 bridgehead atoms. The molecule has 1 N–H and O–H groups in total. The molecular weight excluding hydrogens is 332 g/mol. The Balaban J connectivity index is 1.62. The van der Waals surface area contributed by atoms with Crippen LogP contribution in [0.5, 0.6) is 0 Å². The molecule has 2 amide bonds. The zero-order valence-electron chi connectivity index (χ0n) is 14.8. The van der Waals surface area contributed by atoms with E-state index in [1.807, 2.05) is 31.2 Å². The quantitative estimate of drug-likeness (QED) is 0.834. The van der Waals surface area contributed by atoms with Crippen LogP contribution in [0.4, 0.5) is 5.69 Å². The van der Waals surface area contributed by atoms with Gasteiger partial charge >= 0.3 is 0 Å². The molecule has 1 aliphatic heterocycles. The smallest absolute Gasteiger partial charge is 0.247 e. The Morgan fingerprint density at radius 1 is 1.35 bits per heavy atom. The van der Waals surface area contributed by atoms with Crippen molar-refractivity contribution in [3.63, 3.8) is 0 Å². The van der Waals surface area contributed by atoms with Crippen LogP contribution in [0.1, 0.15) is 25.7 Å². The van der Waals surface area contributed by atoms with E-state index in [1.54, 1.807) is 4.90 Å². The lowest BCUT2D eigenvalue weighted by Crippen LogP contribution is -2.40. The van der Waals surface area contributed by atoms with Gasteiger partial charge in [0, 0.05) is 36.7 Å². The summed E-state index contributed by atoms with van der Waals surface area (Å²) in [7, 11) is 0. The van der Waals surface area contributed by atoms with Gasteiger partial charge in [-0.25, -0.2) is 0 Å². The molecule has 0 unspecified atom stereocenters. The van der Waals surface area contributed by atoms with Crippen molar-refractivity contribution in [2.24, 2.45) is 5.92 Å². The van der Waals surface area contributed by atoms with Crippen LogP contribution in [0.15, 0.2) is 41.3 Å². The molecule has 2 aromatic rings. The Morgan fingerprint density at radius 2 is 2.12 bits per heavy atom. The van der Waals surface area contributed by atoms with E-state index in [9.17, 15) is 9.59 Å². The SMILES string of the molecule is C=CC(=O)N1CCC(C(=O)Nc2cccc(-c3nnc(CC)o3)c2)CC1. The highest BCUT2D eigenvalue weighted by Crippen LogP contribution is 2.24. The molecule has 0 atom stereocenters. The van der Waals surface area contributed by atoms with Gasteiger partial charge in [0.15, 0.2) is 0 Å². The standard InChI is InChI=1S/C19H22N4O3/c1-3-16-21-22-19(26-16)14-6-5-7-15(12-14)20-18(25)13-8-10-23(11-9-13)17(24)4-2/h4-7,12-13H,2-3,8-11H2,1H3,(H,20,25). The number of nitrogens with zero attached hydrogens (tertiary/aromatic N) is 3. The topological polar surface area (TPSA) is 88.3 Å². The predicted octanol–water partition coefficient (Wildman–Crippen LogP) is 2.66. The molecule has 0 spiro atoms. The zero-order valence-corrected chi connectivity index (χ0v) is 14.8. The lowest BCUT2D eigenvalue weighted by Gasteiger charge is -2.30. The van der Waals surface area contributed by atoms with Gasteiger partial charge in [0.2, 0.25) is 23.6 Å². The van der Waals surface area contributed by atoms with Crippen molar-refractivity contribution >= 4 is 17.5 Å². The van der Waals surface area contributed by atoms with Crippen molar-refractivity contribution < 1.29 is 14.0 Å². The van der Waals surface area contributed by atoms with Crippen LogP contribution in [0, 0.1) is 5.92 Å². The van der Waals surface area contributed by atoms with Crippen molar-refractivity contribution in [3.05, 3.63) is 42.8 Å². The van der Waals surface area contributed by atoms with Crippen LogP contribution in [0.3, 0.4) is 0 Å². The highest BCUT2D eigenvalue weighted by atomic mass is 16.4. The van der Waals surface area contributed by atoms with Gasteiger partial charge < -0.3 is 14.6 Å². The summed E-state index contributed by atoms with van der Waals surface area (Å²) in [5.74, 6) is 0.794. The largest absolute Gasteiger partial charge is 0.421 e. The Morgan fingerprint density at radius 3 is 2.77 bits per heavy atom. The first kappa shape index (κ1) is 17.8. The Hall–Kier alpha value is -2.96. The summed E-state index contributed by atoms with van der Waals surface area (Å²) in [4.78, 5) is 25.9. The molecule has 7 nitrogen and oxygen atoms in total. The summed E-state index contributed by atoms with van der Waals surface area (Å²) in [6, 6.07) is 7.35. The summed E-state index contributed by atoms with van der Waals surface area (Å²) < 4.78 is 5.56. The maximum absolute atomic E-state index is 12.5. The number of hydrogen-bond donors (Lipinski definition) is 1. The first-order valence-electron chi connectivity index (χ1n) is 8.75. The molecule has 1 aromatic heterocycles. The van der Waals surface area contributed by atoms with Gasteiger partial charge in [-0.2, -0.15) is 0 Å². The number of aromatic nitrogens is 2. The highest BCUT2D eigenvalue weighted by Gasteiger charge is 2.26. The van der Waals surface area contributed by atoms with E-state index in [0.29, 0.717) is 49.8 Å². The first-order chi connectivity index (χ1) is 12.6.